The summed E-state index contributed by atoms with van der Waals surface area (Å²) in [5.41, 5.74) is -1.82. The lowest BCUT2D eigenvalue weighted by Gasteiger charge is -2.31. The standard InChI is InChI=1S/C24H27N7O6S/c1-15-21(16(2)37-30-15)38(35,36)31-24(23(33)34,11-4-6-13-26-19-10-3-5-12-25-19)28-22(32)18-9-7-8-17-14-27-29-20(17)18/h3,5,7-10,12,14,31H,4,6,11,13H2,1-2H3,(H,25,26)(H,27,29)(H,28,32)(H,33,34). The fourth-order valence-electron chi connectivity index (χ4n) is 4.10. The van der Waals surface area contributed by atoms with E-state index in [1.807, 2.05) is 6.07 Å². The van der Waals surface area contributed by atoms with E-state index in [1.165, 1.54) is 26.1 Å². The quantitative estimate of drug-likeness (QED) is 0.131. The average molecular weight is 542 g/mol. The summed E-state index contributed by atoms with van der Waals surface area (Å²) in [4.78, 5) is 29.9. The van der Waals surface area contributed by atoms with Crippen molar-refractivity contribution < 1.29 is 27.6 Å². The van der Waals surface area contributed by atoms with E-state index in [2.05, 4.69) is 35.7 Å². The van der Waals surface area contributed by atoms with E-state index in [4.69, 9.17) is 4.52 Å². The predicted octanol–water partition coefficient (Wildman–Crippen LogP) is 2.33. The fraction of sp³-hybridized carbons (Fsp3) is 0.292. The van der Waals surface area contributed by atoms with Crippen LogP contribution >= 0.6 is 0 Å². The first-order valence-electron chi connectivity index (χ1n) is 11.7. The first kappa shape index (κ1) is 26.8. The minimum absolute atomic E-state index is 0.0117. The number of hydrogen-bond acceptors (Lipinski definition) is 9. The molecule has 0 fully saturated rings. The van der Waals surface area contributed by atoms with E-state index in [9.17, 15) is 23.1 Å². The SMILES string of the molecule is Cc1noc(C)c1S(=O)(=O)NC(CCCCNc1ccccn1)(NC(=O)c1cccc2cn[nH]c12)C(=O)O. The van der Waals surface area contributed by atoms with Gasteiger partial charge in [-0.1, -0.05) is 23.4 Å². The van der Waals surface area contributed by atoms with Crippen molar-refractivity contribution in [2.75, 3.05) is 11.9 Å². The molecular formula is C24H27N7O6S. The molecular weight excluding hydrogens is 514 g/mol. The minimum atomic E-state index is -4.47. The Kier molecular flexibility index (Phi) is 7.73. The number of H-pyrrole nitrogens is 1. The van der Waals surface area contributed by atoms with Crippen molar-refractivity contribution in [3.05, 3.63) is 65.8 Å². The molecule has 3 heterocycles. The van der Waals surface area contributed by atoms with E-state index in [1.54, 1.807) is 30.5 Å². The van der Waals surface area contributed by atoms with Gasteiger partial charge >= 0.3 is 5.97 Å². The van der Waals surface area contributed by atoms with Gasteiger partial charge in [-0.3, -0.25) is 9.89 Å². The number of aryl methyl sites for hydroxylation is 2. The van der Waals surface area contributed by atoms with Crippen molar-refractivity contribution in [1.29, 1.82) is 0 Å². The Bertz CT molecular complexity index is 1530. The number of aromatic nitrogens is 4. The van der Waals surface area contributed by atoms with Crippen LogP contribution in [0.1, 0.15) is 41.1 Å². The second-order valence-electron chi connectivity index (χ2n) is 8.66. The van der Waals surface area contributed by atoms with Crippen LogP contribution in [0.3, 0.4) is 0 Å². The molecule has 0 aliphatic heterocycles. The van der Waals surface area contributed by atoms with Crippen LogP contribution in [0, 0.1) is 13.8 Å². The molecule has 1 amide bonds. The summed E-state index contributed by atoms with van der Waals surface area (Å²) in [6, 6.07) is 10.2. The van der Waals surface area contributed by atoms with Crippen molar-refractivity contribution in [2.45, 2.75) is 43.7 Å². The number of benzene rings is 1. The number of aromatic amines is 1. The van der Waals surface area contributed by atoms with Gasteiger partial charge in [0.05, 0.1) is 17.3 Å². The van der Waals surface area contributed by atoms with Crippen molar-refractivity contribution in [3.8, 4) is 0 Å². The highest BCUT2D eigenvalue weighted by atomic mass is 32.2. The van der Waals surface area contributed by atoms with Gasteiger partial charge in [-0.05, 0) is 51.3 Å². The number of carboxylic acid groups (broad SMARTS) is 1. The van der Waals surface area contributed by atoms with E-state index < -0.39 is 27.6 Å². The number of hydrogen-bond donors (Lipinski definition) is 5. The fourth-order valence-corrected chi connectivity index (χ4v) is 5.74. The monoisotopic (exact) mass is 541 g/mol. The Morgan fingerprint density at radius 3 is 2.63 bits per heavy atom. The number of para-hydroxylation sites is 1. The van der Waals surface area contributed by atoms with Crippen LogP contribution in [-0.2, 0) is 14.8 Å². The lowest BCUT2D eigenvalue weighted by atomic mass is 10.0. The maximum atomic E-state index is 13.4. The molecule has 0 aliphatic carbocycles. The molecule has 0 aliphatic rings. The van der Waals surface area contributed by atoms with E-state index in [-0.39, 0.29) is 34.8 Å². The second-order valence-corrected chi connectivity index (χ2v) is 10.3. The number of carbonyl (C=O) groups excluding carboxylic acids is 1. The molecule has 1 aromatic carbocycles. The van der Waals surface area contributed by atoms with Crippen LogP contribution in [0.15, 0.2) is 58.2 Å². The van der Waals surface area contributed by atoms with E-state index in [0.717, 1.165) is 0 Å². The Morgan fingerprint density at radius 1 is 1.13 bits per heavy atom. The number of anilines is 1. The lowest BCUT2D eigenvalue weighted by Crippen LogP contribution is -2.65. The molecule has 0 saturated heterocycles. The van der Waals surface area contributed by atoms with Crippen LogP contribution < -0.4 is 15.4 Å². The number of nitrogens with zero attached hydrogens (tertiary/aromatic N) is 3. The Balaban J connectivity index is 1.61. The molecule has 1 unspecified atom stereocenters. The molecule has 5 N–H and O–H groups in total. The van der Waals surface area contributed by atoms with Crippen molar-refractivity contribution in [2.24, 2.45) is 0 Å². The van der Waals surface area contributed by atoms with Gasteiger partial charge in [0, 0.05) is 18.1 Å². The maximum Gasteiger partial charge on any atom is 0.345 e. The molecule has 4 rings (SSSR count). The number of nitrogens with one attached hydrogen (secondary N) is 4. The summed E-state index contributed by atoms with van der Waals surface area (Å²) in [6.07, 6.45) is 3.61. The summed E-state index contributed by atoms with van der Waals surface area (Å²) >= 11 is 0. The first-order valence-corrected chi connectivity index (χ1v) is 13.2. The highest BCUT2D eigenvalue weighted by Gasteiger charge is 2.45. The third-order valence-electron chi connectivity index (χ3n) is 5.91. The Morgan fingerprint density at radius 2 is 1.95 bits per heavy atom. The number of amides is 1. The van der Waals surface area contributed by atoms with E-state index in [0.29, 0.717) is 29.7 Å². The van der Waals surface area contributed by atoms with Crippen LogP contribution in [0.4, 0.5) is 5.82 Å². The number of sulfonamides is 1. The van der Waals surface area contributed by atoms with E-state index >= 15 is 0 Å². The van der Waals surface area contributed by atoms with Gasteiger partial charge in [0.1, 0.15) is 16.4 Å². The summed E-state index contributed by atoms with van der Waals surface area (Å²) < 4.78 is 33.9. The van der Waals surface area contributed by atoms with Crippen molar-refractivity contribution in [1.82, 2.24) is 30.4 Å². The largest absolute Gasteiger partial charge is 0.478 e. The molecule has 3 aromatic heterocycles. The summed E-state index contributed by atoms with van der Waals surface area (Å²) in [7, 11) is -4.47. The van der Waals surface area contributed by atoms with Gasteiger partial charge < -0.3 is 20.3 Å². The molecule has 4 aromatic rings. The molecule has 14 heteroatoms. The smallest absolute Gasteiger partial charge is 0.345 e. The van der Waals surface area contributed by atoms with Crippen LogP contribution in [0.25, 0.3) is 10.9 Å². The Labute approximate surface area is 218 Å². The summed E-state index contributed by atoms with van der Waals surface area (Å²) in [5, 5.41) is 26.8. The summed E-state index contributed by atoms with van der Waals surface area (Å²) in [6.45, 7) is 3.27. The zero-order valence-electron chi connectivity index (χ0n) is 20.7. The zero-order chi connectivity index (χ0) is 27.3. The number of carbonyl (C=O) groups is 2. The normalized spacial score (nSPS) is 13.2. The number of pyridine rings is 1. The number of carboxylic acids is 1. The van der Waals surface area contributed by atoms with Crippen LogP contribution in [0.5, 0.6) is 0 Å². The number of unbranched alkanes of at least 4 members (excludes halogenated alkanes) is 1. The maximum absolute atomic E-state index is 13.4. The summed E-state index contributed by atoms with van der Waals surface area (Å²) in [5.74, 6) is -1.73. The highest BCUT2D eigenvalue weighted by Crippen LogP contribution is 2.24. The first-order chi connectivity index (χ1) is 18.1. The third kappa shape index (κ3) is 5.65. The lowest BCUT2D eigenvalue weighted by molar-refractivity contribution is -0.145. The molecule has 0 bridgehead atoms. The molecule has 1 atom stereocenters. The highest BCUT2D eigenvalue weighted by molar-refractivity contribution is 7.89. The Hall–Kier alpha value is -4.30. The minimum Gasteiger partial charge on any atom is -0.478 e. The van der Waals surface area contributed by atoms with Gasteiger partial charge in [-0.15, -0.1) is 0 Å². The number of fused-ring (bicyclic) bond motifs is 1. The molecule has 0 radical (unpaired) electrons. The molecule has 13 nitrogen and oxygen atoms in total. The third-order valence-corrected chi connectivity index (χ3v) is 7.65. The predicted molar refractivity (Wildman–Crippen MR) is 137 cm³/mol. The van der Waals surface area contributed by atoms with Crippen molar-refractivity contribution >= 4 is 38.6 Å². The topological polar surface area (TPSA) is 192 Å². The molecule has 38 heavy (non-hydrogen) atoms. The molecule has 200 valence electrons. The number of rotatable bonds is 12. The van der Waals surface area contributed by atoms with Crippen molar-refractivity contribution in [3.63, 3.8) is 0 Å². The molecule has 0 saturated carbocycles. The van der Waals surface area contributed by atoms with Crippen LogP contribution in [0.2, 0.25) is 0 Å². The average Bonchev–Trinajstić information content (AvgIpc) is 3.50. The zero-order valence-corrected chi connectivity index (χ0v) is 21.5. The number of aliphatic carboxylic acids is 1. The van der Waals surface area contributed by atoms with Gasteiger partial charge in [-0.2, -0.15) is 9.82 Å². The van der Waals surface area contributed by atoms with Crippen LogP contribution in [-0.4, -0.2) is 57.9 Å². The van der Waals surface area contributed by atoms with Gasteiger partial charge in [-0.25, -0.2) is 18.2 Å². The molecule has 0 spiro atoms. The van der Waals surface area contributed by atoms with Gasteiger partial charge in [0.2, 0.25) is 15.7 Å². The second kappa shape index (κ2) is 11.0. The van der Waals surface area contributed by atoms with Gasteiger partial charge in [0.15, 0.2) is 5.76 Å². The van der Waals surface area contributed by atoms with Gasteiger partial charge in [0.25, 0.3) is 5.91 Å².